The maximum atomic E-state index is 14.0. The number of rotatable bonds is 11. The molecule has 0 aromatic heterocycles. The minimum atomic E-state index is -1.03. The molecule has 1 aromatic rings. The van der Waals surface area contributed by atoms with Crippen LogP contribution in [0, 0.1) is 22.7 Å². The number of alkyl carbamates (subject to hydrolysis) is 1. The van der Waals surface area contributed by atoms with Gasteiger partial charge in [-0.1, -0.05) is 90.4 Å². The normalized spacial score (nSPS) is 22.0. The van der Waals surface area contributed by atoms with Crippen molar-refractivity contribution >= 4 is 35.7 Å². The highest BCUT2D eigenvalue weighted by Gasteiger charge is 2.70. The molecular weight excluding hydrogens is 560 g/mol. The van der Waals surface area contributed by atoms with Crippen molar-refractivity contribution in [3.63, 3.8) is 0 Å². The molecule has 10 heteroatoms. The summed E-state index contributed by atoms with van der Waals surface area (Å²) in [5.41, 5.74) is -0.620. The number of amides is 4. The van der Waals surface area contributed by atoms with Crippen molar-refractivity contribution in [3.05, 3.63) is 42.0 Å². The summed E-state index contributed by atoms with van der Waals surface area (Å²) in [5, 5.41) is 8.16. The molecule has 0 radical (unpaired) electrons. The topological polar surface area (TPSA) is 134 Å². The molecule has 1 aromatic carbocycles. The lowest BCUT2D eigenvalue weighted by Crippen LogP contribution is -2.60. The largest absolute Gasteiger partial charge is 0.444 e. The van der Waals surface area contributed by atoms with Gasteiger partial charge in [0.25, 0.3) is 5.91 Å². The monoisotopic (exact) mass is 610 g/mol. The first-order chi connectivity index (χ1) is 20.4. The Labute approximate surface area is 261 Å². The standard InChI is InChI=1S/C34H50N4O6/c1-10-15-23(26(39)29(41)35-19-14-18-21-16-12-11-13-17-21)36-28(40)25-24-22(34(24,8)9)20-38(25)30(42)27(32(2,3)4)37-31(43)44-33(5,6)7/h11-14,16-18,22-25,27H,10,15,19-20H2,1-9H3,(H,35,41)(H,36,40)(H,37,43)/t22-,23?,24-,25-,27+/m0/s1. The van der Waals surface area contributed by atoms with Crippen molar-refractivity contribution in [2.45, 2.75) is 98.9 Å². The van der Waals surface area contributed by atoms with Crippen LogP contribution in [0.25, 0.3) is 6.08 Å². The number of ether oxygens (including phenoxy) is 1. The number of benzene rings is 1. The number of nitrogens with one attached hydrogen (secondary N) is 3. The molecule has 44 heavy (non-hydrogen) atoms. The zero-order chi connectivity index (χ0) is 33.0. The van der Waals surface area contributed by atoms with Gasteiger partial charge in [0.2, 0.25) is 17.6 Å². The van der Waals surface area contributed by atoms with Crippen LogP contribution < -0.4 is 16.0 Å². The number of ketones is 1. The van der Waals surface area contributed by atoms with E-state index in [0.29, 0.717) is 13.0 Å². The summed E-state index contributed by atoms with van der Waals surface area (Å²) >= 11 is 0. The number of Topliss-reactive ketones (excluding diaryl/α,β-unsaturated/α-hetero) is 1. The minimum Gasteiger partial charge on any atom is -0.444 e. The van der Waals surface area contributed by atoms with Gasteiger partial charge in [-0.2, -0.15) is 0 Å². The highest BCUT2D eigenvalue weighted by atomic mass is 16.6. The van der Waals surface area contributed by atoms with Crippen LogP contribution in [0.3, 0.4) is 0 Å². The average Bonchev–Trinajstić information content (AvgIpc) is 3.24. The van der Waals surface area contributed by atoms with Crippen LogP contribution in [-0.4, -0.2) is 71.3 Å². The minimum absolute atomic E-state index is 0.101. The predicted octanol–water partition coefficient (Wildman–Crippen LogP) is 4.09. The molecule has 1 saturated carbocycles. The fourth-order valence-corrected chi connectivity index (χ4v) is 6.02. The Bertz CT molecular complexity index is 1260. The van der Waals surface area contributed by atoms with Crippen molar-refractivity contribution in [2.24, 2.45) is 22.7 Å². The smallest absolute Gasteiger partial charge is 0.408 e. The second-order valence-corrected chi connectivity index (χ2v) is 14.6. The lowest BCUT2D eigenvalue weighted by atomic mass is 9.85. The third kappa shape index (κ3) is 8.48. The third-order valence-electron chi connectivity index (χ3n) is 8.46. The fourth-order valence-electron chi connectivity index (χ4n) is 6.02. The van der Waals surface area contributed by atoms with Crippen LogP contribution in [0.15, 0.2) is 36.4 Å². The van der Waals surface area contributed by atoms with Crippen LogP contribution in [0.5, 0.6) is 0 Å². The maximum absolute atomic E-state index is 14.0. The Kier molecular flexibility index (Phi) is 10.7. The zero-order valence-electron chi connectivity index (χ0n) is 27.7. The first kappa shape index (κ1) is 34.8. The van der Waals surface area contributed by atoms with E-state index in [1.54, 1.807) is 26.8 Å². The number of hydrogen-bond acceptors (Lipinski definition) is 6. The van der Waals surface area contributed by atoms with Crippen LogP contribution in [0.4, 0.5) is 4.79 Å². The van der Waals surface area contributed by atoms with Crippen molar-refractivity contribution in [1.82, 2.24) is 20.9 Å². The van der Waals surface area contributed by atoms with Crippen molar-refractivity contribution in [2.75, 3.05) is 13.1 Å². The van der Waals surface area contributed by atoms with Crippen LogP contribution in [0.1, 0.15) is 80.7 Å². The molecule has 3 rings (SSSR count). The summed E-state index contributed by atoms with van der Waals surface area (Å²) in [6.45, 7) is 17.3. The first-order valence-corrected chi connectivity index (χ1v) is 15.5. The summed E-state index contributed by atoms with van der Waals surface area (Å²) in [5.74, 6) is -2.36. The lowest BCUT2D eigenvalue weighted by molar-refractivity contribution is -0.145. The van der Waals surface area contributed by atoms with Gasteiger partial charge in [-0.15, -0.1) is 0 Å². The van der Waals surface area contributed by atoms with Crippen molar-refractivity contribution in [1.29, 1.82) is 0 Å². The highest BCUT2D eigenvalue weighted by Crippen LogP contribution is 2.65. The van der Waals surface area contributed by atoms with E-state index in [-0.39, 0.29) is 36.1 Å². The van der Waals surface area contributed by atoms with E-state index in [0.717, 1.165) is 5.56 Å². The molecule has 0 bridgehead atoms. The molecule has 10 nitrogen and oxygen atoms in total. The van der Waals surface area contributed by atoms with E-state index < -0.39 is 52.8 Å². The second kappa shape index (κ2) is 13.5. The van der Waals surface area contributed by atoms with E-state index in [1.807, 2.05) is 64.1 Å². The number of carbonyl (C=O) groups is 5. The molecule has 5 atom stereocenters. The summed E-state index contributed by atoms with van der Waals surface area (Å²) < 4.78 is 5.42. The molecule has 1 aliphatic heterocycles. The summed E-state index contributed by atoms with van der Waals surface area (Å²) in [7, 11) is 0. The fraction of sp³-hybridized carbons (Fsp3) is 0.618. The Morgan fingerprint density at radius 3 is 2.23 bits per heavy atom. The summed E-state index contributed by atoms with van der Waals surface area (Å²) in [4.78, 5) is 68.1. The molecule has 1 heterocycles. The summed E-state index contributed by atoms with van der Waals surface area (Å²) in [6.07, 6.45) is 3.73. The Balaban J connectivity index is 1.74. The highest BCUT2D eigenvalue weighted by molar-refractivity contribution is 6.38. The lowest BCUT2D eigenvalue weighted by Gasteiger charge is -2.38. The molecule has 242 valence electrons. The molecule has 2 aliphatic rings. The zero-order valence-corrected chi connectivity index (χ0v) is 27.7. The van der Waals surface area contributed by atoms with Gasteiger partial charge in [-0.25, -0.2) is 4.79 Å². The number of carbonyl (C=O) groups excluding carboxylic acids is 5. The Morgan fingerprint density at radius 2 is 1.66 bits per heavy atom. The molecular formula is C34H50N4O6. The second-order valence-electron chi connectivity index (χ2n) is 14.6. The Morgan fingerprint density at radius 1 is 1.02 bits per heavy atom. The quantitative estimate of drug-likeness (QED) is 0.323. The van der Waals surface area contributed by atoms with Gasteiger partial charge in [0, 0.05) is 13.1 Å². The van der Waals surface area contributed by atoms with E-state index >= 15 is 0 Å². The molecule has 1 aliphatic carbocycles. The molecule has 1 saturated heterocycles. The maximum Gasteiger partial charge on any atom is 0.408 e. The van der Waals surface area contributed by atoms with E-state index in [2.05, 4.69) is 29.8 Å². The van der Waals surface area contributed by atoms with Gasteiger partial charge in [-0.3, -0.25) is 19.2 Å². The molecule has 3 N–H and O–H groups in total. The van der Waals surface area contributed by atoms with Crippen LogP contribution in [-0.2, 0) is 23.9 Å². The predicted molar refractivity (Wildman–Crippen MR) is 169 cm³/mol. The molecule has 4 amide bonds. The first-order valence-electron chi connectivity index (χ1n) is 15.5. The van der Waals surface area contributed by atoms with Gasteiger partial charge in [0.15, 0.2) is 0 Å². The van der Waals surface area contributed by atoms with Gasteiger partial charge in [-0.05, 0) is 55.4 Å². The third-order valence-corrected chi connectivity index (χ3v) is 8.46. The van der Waals surface area contributed by atoms with Crippen LogP contribution in [0.2, 0.25) is 0 Å². The number of nitrogens with zero attached hydrogens (tertiary/aromatic N) is 1. The average molecular weight is 611 g/mol. The van der Waals surface area contributed by atoms with Gasteiger partial charge in [0.1, 0.15) is 17.7 Å². The number of hydrogen-bond donors (Lipinski definition) is 3. The van der Waals surface area contributed by atoms with Gasteiger partial charge >= 0.3 is 6.09 Å². The molecule has 1 unspecified atom stereocenters. The van der Waals surface area contributed by atoms with Crippen LogP contribution >= 0.6 is 0 Å². The van der Waals surface area contributed by atoms with E-state index in [9.17, 15) is 24.0 Å². The van der Waals surface area contributed by atoms with E-state index in [1.165, 1.54) is 4.90 Å². The van der Waals surface area contributed by atoms with Crippen molar-refractivity contribution in [3.8, 4) is 0 Å². The van der Waals surface area contributed by atoms with Gasteiger partial charge < -0.3 is 25.6 Å². The Hall–Kier alpha value is -3.69. The van der Waals surface area contributed by atoms with E-state index in [4.69, 9.17) is 4.74 Å². The number of piperidine rings is 1. The number of likely N-dealkylation sites (tertiary alicyclic amines) is 1. The SMILES string of the molecule is CCCC(NC(=O)[C@@H]1[C@@H]2[C@H](CN1C(=O)[C@@H](NC(=O)OC(C)(C)C)C(C)(C)C)C2(C)C)C(=O)C(=O)NCC=Cc1ccccc1. The molecule has 2 fully saturated rings. The summed E-state index contributed by atoms with van der Waals surface area (Å²) in [6, 6.07) is 6.77. The molecule has 0 spiro atoms. The number of fused-ring (bicyclic) bond motifs is 1. The van der Waals surface area contributed by atoms with Gasteiger partial charge in [0.05, 0.1) is 6.04 Å². The van der Waals surface area contributed by atoms with Crippen molar-refractivity contribution < 1.29 is 28.7 Å².